The van der Waals surface area contributed by atoms with E-state index in [0.717, 1.165) is 31.9 Å². The van der Waals surface area contributed by atoms with Gasteiger partial charge in [0.1, 0.15) is 12.2 Å². The average molecular weight is 279 g/mol. The summed E-state index contributed by atoms with van der Waals surface area (Å²) in [5.41, 5.74) is 0. The van der Waals surface area contributed by atoms with Gasteiger partial charge in [0.2, 0.25) is 0 Å². The van der Waals surface area contributed by atoms with E-state index >= 15 is 0 Å². The van der Waals surface area contributed by atoms with E-state index in [0.29, 0.717) is 12.1 Å². The lowest BCUT2D eigenvalue weighted by atomic mass is 9.96. The lowest BCUT2D eigenvalue weighted by Gasteiger charge is -2.39. The predicted octanol–water partition coefficient (Wildman–Crippen LogP) is 2.04. The molecule has 1 N–H and O–H groups in total. The van der Waals surface area contributed by atoms with Crippen molar-refractivity contribution in [3.05, 3.63) is 12.2 Å². The maximum atomic E-state index is 4.46. The van der Waals surface area contributed by atoms with Crippen molar-refractivity contribution in [3.8, 4) is 0 Å². The van der Waals surface area contributed by atoms with E-state index in [1.165, 1.54) is 25.8 Å². The number of hydrogen-bond acceptors (Lipinski definition) is 4. The van der Waals surface area contributed by atoms with E-state index in [9.17, 15) is 0 Å². The van der Waals surface area contributed by atoms with Gasteiger partial charge in [0.15, 0.2) is 0 Å². The molecule has 20 heavy (non-hydrogen) atoms. The van der Waals surface area contributed by atoms with Gasteiger partial charge in [-0.1, -0.05) is 20.3 Å². The Kier molecular flexibility index (Phi) is 5.98. The smallest absolute Gasteiger partial charge is 0.141 e. The van der Waals surface area contributed by atoms with Gasteiger partial charge in [-0.05, 0) is 39.3 Å². The molecule has 0 spiro atoms. The zero-order valence-electron chi connectivity index (χ0n) is 13.2. The van der Waals surface area contributed by atoms with Gasteiger partial charge >= 0.3 is 0 Å². The highest BCUT2D eigenvalue weighted by Crippen LogP contribution is 2.21. The zero-order chi connectivity index (χ0) is 14.4. The van der Waals surface area contributed by atoms with Crippen molar-refractivity contribution in [1.82, 2.24) is 25.0 Å². The minimum Gasteiger partial charge on any atom is -0.313 e. The molecule has 0 aliphatic carbocycles. The van der Waals surface area contributed by atoms with Gasteiger partial charge in [-0.2, -0.15) is 5.10 Å². The third-order valence-electron chi connectivity index (χ3n) is 4.24. The van der Waals surface area contributed by atoms with E-state index < -0.39 is 0 Å². The molecule has 1 aromatic heterocycles. The highest BCUT2D eigenvalue weighted by atomic mass is 15.4. The zero-order valence-corrected chi connectivity index (χ0v) is 13.2. The van der Waals surface area contributed by atoms with Crippen LogP contribution in [0.2, 0.25) is 0 Å². The Bertz CT molecular complexity index is 389. The van der Waals surface area contributed by atoms with E-state index in [4.69, 9.17) is 0 Å². The molecule has 0 bridgehead atoms. The van der Waals surface area contributed by atoms with Crippen LogP contribution in [0.5, 0.6) is 0 Å². The van der Waals surface area contributed by atoms with Gasteiger partial charge in [0.05, 0.1) is 6.54 Å². The number of aromatic nitrogens is 3. The summed E-state index contributed by atoms with van der Waals surface area (Å²) in [6.45, 7) is 10.8. The van der Waals surface area contributed by atoms with E-state index in [2.05, 4.69) is 45.8 Å². The van der Waals surface area contributed by atoms with Crippen LogP contribution in [-0.4, -0.2) is 44.8 Å². The summed E-state index contributed by atoms with van der Waals surface area (Å²) in [6.07, 6.45) is 6.73. The first-order valence-electron chi connectivity index (χ1n) is 8.10. The average Bonchev–Trinajstić information content (AvgIpc) is 2.87. The third kappa shape index (κ3) is 3.79. The second kappa shape index (κ2) is 7.74. The van der Waals surface area contributed by atoms with Crippen LogP contribution in [0.1, 0.15) is 52.3 Å². The van der Waals surface area contributed by atoms with Crippen LogP contribution in [0.4, 0.5) is 0 Å². The lowest BCUT2D eigenvalue weighted by molar-refractivity contribution is 0.107. The summed E-state index contributed by atoms with van der Waals surface area (Å²) >= 11 is 0. The van der Waals surface area contributed by atoms with Crippen molar-refractivity contribution >= 4 is 0 Å². The highest BCUT2D eigenvalue weighted by molar-refractivity contribution is 4.91. The molecular formula is C15H29N5. The molecule has 5 nitrogen and oxygen atoms in total. The Labute approximate surface area is 122 Å². The van der Waals surface area contributed by atoms with Crippen LogP contribution in [-0.2, 0) is 13.1 Å². The number of likely N-dealkylation sites (tertiary alicyclic amines) is 1. The first-order valence-corrected chi connectivity index (χ1v) is 8.10. The van der Waals surface area contributed by atoms with Gasteiger partial charge in [-0.3, -0.25) is 4.90 Å². The summed E-state index contributed by atoms with van der Waals surface area (Å²) < 4.78 is 2.06. The normalized spacial score (nSPS) is 22.1. The van der Waals surface area contributed by atoms with Crippen molar-refractivity contribution in [1.29, 1.82) is 0 Å². The maximum Gasteiger partial charge on any atom is 0.141 e. The van der Waals surface area contributed by atoms with Gasteiger partial charge in [0.25, 0.3) is 0 Å². The number of nitrogens with one attached hydrogen (secondary N) is 1. The van der Waals surface area contributed by atoms with Gasteiger partial charge in [-0.15, -0.1) is 0 Å². The van der Waals surface area contributed by atoms with Crippen molar-refractivity contribution in [2.45, 2.75) is 71.6 Å². The van der Waals surface area contributed by atoms with Crippen LogP contribution >= 0.6 is 0 Å². The summed E-state index contributed by atoms with van der Waals surface area (Å²) in [5.74, 6) is 1.11. The van der Waals surface area contributed by atoms with Crippen molar-refractivity contribution in [2.24, 2.45) is 0 Å². The van der Waals surface area contributed by atoms with Crippen molar-refractivity contribution in [2.75, 3.05) is 13.1 Å². The Morgan fingerprint density at radius 2 is 2.25 bits per heavy atom. The standard InChI is InChI=1S/C15H29N5/c1-4-9-20-15(17-12-18-20)11-19-10-7-6-8-14(19)13(3)16-5-2/h12-14,16H,4-11H2,1-3H3. The Morgan fingerprint density at radius 1 is 1.40 bits per heavy atom. The molecule has 114 valence electrons. The first kappa shape index (κ1) is 15.4. The number of likely N-dealkylation sites (N-methyl/N-ethyl adjacent to an activating group) is 1. The largest absolute Gasteiger partial charge is 0.313 e. The van der Waals surface area contributed by atoms with Crippen LogP contribution in [0.25, 0.3) is 0 Å². The quantitative estimate of drug-likeness (QED) is 0.829. The topological polar surface area (TPSA) is 46.0 Å². The van der Waals surface area contributed by atoms with Crippen LogP contribution < -0.4 is 5.32 Å². The molecule has 0 amide bonds. The molecule has 2 rings (SSSR count). The Morgan fingerprint density at radius 3 is 3.00 bits per heavy atom. The molecule has 0 radical (unpaired) electrons. The summed E-state index contributed by atoms with van der Waals surface area (Å²) in [7, 11) is 0. The number of aryl methyl sites for hydroxylation is 1. The molecule has 2 unspecified atom stereocenters. The Hall–Kier alpha value is -0.940. The van der Waals surface area contributed by atoms with E-state index in [-0.39, 0.29) is 0 Å². The van der Waals surface area contributed by atoms with Gasteiger partial charge in [0, 0.05) is 18.6 Å². The molecule has 5 heteroatoms. The molecule has 2 atom stereocenters. The summed E-state index contributed by atoms with van der Waals surface area (Å²) in [5, 5.41) is 7.92. The van der Waals surface area contributed by atoms with Crippen LogP contribution in [0, 0.1) is 0 Å². The molecule has 1 saturated heterocycles. The molecular weight excluding hydrogens is 250 g/mol. The number of nitrogens with zero attached hydrogens (tertiary/aromatic N) is 4. The fourth-order valence-corrected chi connectivity index (χ4v) is 3.23. The fraction of sp³-hybridized carbons (Fsp3) is 0.867. The SMILES string of the molecule is CCCn1ncnc1CN1CCCCC1C(C)NCC. The van der Waals surface area contributed by atoms with Crippen LogP contribution in [0.3, 0.4) is 0 Å². The lowest BCUT2D eigenvalue weighted by Crippen LogP contribution is -2.50. The van der Waals surface area contributed by atoms with E-state index in [1.54, 1.807) is 6.33 Å². The summed E-state index contributed by atoms with van der Waals surface area (Å²) in [6, 6.07) is 1.17. The van der Waals surface area contributed by atoms with Crippen molar-refractivity contribution < 1.29 is 0 Å². The van der Waals surface area contributed by atoms with Gasteiger partial charge in [-0.25, -0.2) is 9.67 Å². The molecule has 1 aliphatic heterocycles. The number of piperidine rings is 1. The molecule has 1 fully saturated rings. The molecule has 1 aromatic rings. The second-order valence-electron chi connectivity index (χ2n) is 5.78. The molecule has 2 heterocycles. The minimum absolute atomic E-state index is 0.544. The third-order valence-corrected chi connectivity index (χ3v) is 4.24. The molecule has 0 aromatic carbocycles. The van der Waals surface area contributed by atoms with Gasteiger partial charge < -0.3 is 5.32 Å². The molecule has 0 saturated carbocycles. The monoisotopic (exact) mass is 279 g/mol. The fourth-order valence-electron chi connectivity index (χ4n) is 3.23. The number of hydrogen-bond donors (Lipinski definition) is 1. The summed E-state index contributed by atoms with van der Waals surface area (Å²) in [4.78, 5) is 7.05. The predicted molar refractivity (Wildman–Crippen MR) is 81.5 cm³/mol. The van der Waals surface area contributed by atoms with Crippen LogP contribution in [0.15, 0.2) is 6.33 Å². The molecule has 1 aliphatic rings. The first-order chi connectivity index (χ1) is 9.76. The Balaban J connectivity index is 2.02. The maximum absolute atomic E-state index is 4.46. The second-order valence-corrected chi connectivity index (χ2v) is 5.78. The highest BCUT2D eigenvalue weighted by Gasteiger charge is 2.27. The van der Waals surface area contributed by atoms with Crippen molar-refractivity contribution in [3.63, 3.8) is 0 Å². The number of rotatable bonds is 7. The van der Waals surface area contributed by atoms with E-state index in [1.807, 2.05) is 0 Å². The minimum atomic E-state index is 0.544.